The number of benzene rings is 1. The van der Waals surface area contributed by atoms with Crippen molar-refractivity contribution >= 4 is 18.0 Å². The minimum Gasteiger partial charge on any atom is -0.481 e. The molecule has 1 unspecified atom stereocenters. The molecule has 0 aromatic heterocycles. The van der Waals surface area contributed by atoms with E-state index in [-0.39, 0.29) is 25.2 Å². The molecule has 0 radical (unpaired) electrons. The summed E-state index contributed by atoms with van der Waals surface area (Å²) in [5.41, 5.74) is 0.408. The Morgan fingerprint density at radius 1 is 1.08 bits per heavy atom. The summed E-state index contributed by atoms with van der Waals surface area (Å²) >= 11 is 0. The van der Waals surface area contributed by atoms with E-state index >= 15 is 0 Å². The van der Waals surface area contributed by atoms with Gasteiger partial charge in [0.2, 0.25) is 0 Å². The molecule has 1 atom stereocenters. The zero-order chi connectivity index (χ0) is 27.0. The molecule has 0 aliphatic carbocycles. The molecular weight excluding hydrogens is 486 g/mol. The summed E-state index contributed by atoms with van der Waals surface area (Å²) in [6.45, 7) is 8.35. The SMILES string of the molecule is CCOC(=O)C1(CC(=O)O)CCN(CC2CN(CCCC3CCN(Cc4ccccc4)CC3)C(=O)O2)CC1. The van der Waals surface area contributed by atoms with Crippen LogP contribution in [-0.2, 0) is 25.6 Å². The molecule has 1 N–H and O–H groups in total. The molecule has 3 aliphatic rings. The normalized spacial score (nSPS) is 22.8. The van der Waals surface area contributed by atoms with Crippen LogP contribution >= 0.6 is 0 Å². The molecule has 4 rings (SSSR count). The van der Waals surface area contributed by atoms with Crippen molar-refractivity contribution in [2.24, 2.45) is 11.3 Å². The summed E-state index contributed by atoms with van der Waals surface area (Å²) < 4.78 is 10.8. The maximum Gasteiger partial charge on any atom is 0.410 e. The predicted octanol–water partition coefficient (Wildman–Crippen LogP) is 3.62. The van der Waals surface area contributed by atoms with Crippen LogP contribution in [0.4, 0.5) is 4.79 Å². The Morgan fingerprint density at radius 3 is 2.45 bits per heavy atom. The van der Waals surface area contributed by atoms with E-state index in [0.29, 0.717) is 39.0 Å². The number of hydrogen-bond acceptors (Lipinski definition) is 7. The second kappa shape index (κ2) is 13.4. The number of esters is 1. The van der Waals surface area contributed by atoms with Gasteiger partial charge in [-0.3, -0.25) is 19.4 Å². The van der Waals surface area contributed by atoms with E-state index in [4.69, 9.17) is 9.47 Å². The molecule has 0 saturated carbocycles. The Bertz CT molecular complexity index is 926. The molecule has 3 fully saturated rings. The van der Waals surface area contributed by atoms with Crippen molar-refractivity contribution in [3.8, 4) is 0 Å². The van der Waals surface area contributed by atoms with Crippen LogP contribution in [0.15, 0.2) is 30.3 Å². The number of nitrogens with zero attached hydrogens (tertiary/aromatic N) is 3. The maximum absolute atomic E-state index is 12.5. The van der Waals surface area contributed by atoms with Crippen molar-refractivity contribution in [1.29, 1.82) is 0 Å². The van der Waals surface area contributed by atoms with Crippen LogP contribution in [-0.4, -0.2) is 96.4 Å². The summed E-state index contributed by atoms with van der Waals surface area (Å²) in [6.07, 6.45) is 4.78. The summed E-state index contributed by atoms with van der Waals surface area (Å²) in [5, 5.41) is 9.34. The van der Waals surface area contributed by atoms with Crippen molar-refractivity contribution in [3.63, 3.8) is 0 Å². The smallest absolute Gasteiger partial charge is 0.410 e. The number of carboxylic acid groups (broad SMARTS) is 1. The molecule has 3 saturated heterocycles. The van der Waals surface area contributed by atoms with E-state index in [9.17, 15) is 19.5 Å². The molecule has 3 heterocycles. The highest BCUT2D eigenvalue weighted by atomic mass is 16.6. The molecule has 9 nitrogen and oxygen atoms in total. The highest BCUT2D eigenvalue weighted by Crippen LogP contribution is 2.37. The molecule has 9 heteroatoms. The fraction of sp³-hybridized carbons (Fsp3) is 0.690. The minimum absolute atomic E-state index is 0.196. The van der Waals surface area contributed by atoms with Crippen molar-refractivity contribution in [3.05, 3.63) is 35.9 Å². The monoisotopic (exact) mass is 529 g/mol. The average Bonchev–Trinajstić information content (AvgIpc) is 3.25. The van der Waals surface area contributed by atoms with E-state index in [0.717, 1.165) is 44.9 Å². The van der Waals surface area contributed by atoms with Crippen LogP contribution < -0.4 is 0 Å². The van der Waals surface area contributed by atoms with Gasteiger partial charge in [0.25, 0.3) is 0 Å². The average molecular weight is 530 g/mol. The number of cyclic esters (lactones) is 1. The van der Waals surface area contributed by atoms with Crippen LogP contribution in [0.1, 0.15) is 57.4 Å². The third kappa shape index (κ3) is 7.69. The van der Waals surface area contributed by atoms with Gasteiger partial charge in [-0.05, 0) is 83.1 Å². The number of piperidine rings is 2. The number of rotatable bonds is 12. The second-order valence-electron chi connectivity index (χ2n) is 11.2. The number of hydrogen-bond donors (Lipinski definition) is 1. The van der Waals surface area contributed by atoms with Crippen LogP contribution in [0.2, 0.25) is 0 Å². The first kappa shape index (κ1) is 28.4. The number of carbonyl (C=O) groups excluding carboxylic acids is 2. The molecule has 210 valence electrons. The number of aliphatic carboxylic acids is 1. The third-order valence-corrected chi connectivity index (χ3v) is 8.42. The van der Waals surface area contributed by atoms with Crippen LogP contribution in [0.25, 0.3) is 0 Å². The molecule has 1 aromatic rings. The lowest BCUT2D eigenvalue weighted by Crippen LogP contribution is -2.48. The Balaban J connectivity index is 1.14. The first-order chi connectivity index (χ1) is 18.4. The number of carboxylic acids is 1. The van der Waals surface area contributed by atoms with Gasteiger partial charge in [-0.2, -0.15) is 0 Å². The molecule has 1 amide bonds. The van der Waals surface area contributed by atoms with E-state index in [1.165, 1.54) is 18.4 Å². The van der Waals surface area contributed by atoms with Gasteiger partial charge in [0, 0.05) is 19.6 Å². The lowest BCUT2D eigenvalue weighted by Gasteiger charge is -2.39. The number of carbonyl (C=O) groups is 3. The molecule has 1 aromatic carbocycles. The maximum atomic E-state index is 12.5. The van der Waals surface area contributed by atoms with Crippen LogP contribution in [0.3, 0.4) is 0 Å². The summed E-state index contributed by atoms with van der Waals surface area (Å²) in [6, 6.07) is 10.6. The second-order valence-corrected chi connectivity index (χ2v) is 11.2. The van der Waals surface area contributed by atoms with Crippen molar-refractivity contribution < 1.29 is 29.0 Å². The van der Waals surface area contributed by atoms with E-state index in [1.54, 1.807) is 6.92 Å². The van der Waals surface area contributed by atoms with Gasteiger partial charge in [0.15, 0.2) is 0 Å². The van der Waals surface area contributed by atoms with Gasteiger partial charge in [-0.1, -0.05) is 30.3 Å². The van der Waals surface area contributed by atoms with Gasteiger partial charge in [-0.15, -0.1) is 0 Å². The largest absolute Gasteiger partial charge is 0.481 e. The zero-order valence-corrected chi connectivity index (χ0v) is 22.7. The van der Waals surface area contributed by atoms with E-state index in [1.807, 2.05) is 4.90 Å². The Kier molecular flexibility index (Phi) is 10.0. The third-order valence-electron chi connectivity index (χ3n) is 8.42. The fourth-order valence-electron chi connectivity index (χ4n) is 6.18. The lowest BCUT2D eigenvalue weighted by atomic mass is 9.75. The van der Waals surface area contributed by atoms with E-state index in [2.05, 4.69) is 40.1 Å². The van der Waals surface area contributed by atoms with Crippen LogP contribution in [0, 0.1) is 11.3 Å². The van der Waals surface area contributed by atoms with Gasteiger partial charge in [0.05, 0.1) is 25.0 Å². The molecule has 0 bridgehead atoms. The Labute approximate surface area is 226 Å². The lowest BCUT2D eigenvalue weighted by molar-refractivity contribution is -0.164. The summed E-state index contributed by atoms with van der Waals surface area (Å²) in [7, 11) is 0. The zero-order valence-electron chi connectivity index (χ0n) is 22.7. The van der Waals surface area contributed by atoms with Crippen molar-refractivity contribution in [1.82, 2.24) is 14.7 Å². The highest BCUT2D eigenvalue weighted by molar-refractivity contribution is 5.83. The van der Waals surface area contributed by atoms with Gasteiger partial charge in [0.1, 0.15) is 6.10 Å². The van der Waals surface area contributed by atoms with Crippen molar-refractivity contribution in [2.45, 2.75) is 64.5 Å². The minimum atomic E-state index is -0.982. The molecule has 38 heavy (non-hydrogen) atoms. The molecular formula is C29H43N3O6. The first-order valence-electron chi connectivity index (χ1n) is 14.2. The van der Waals surface area contributed by atoms with Gasteiger partial charge < -0.3 is 19.5 Å². The summed E-state index contributed by atoms with van der Waals surface area (Å²) in [4.78, 5) is 42.9. The quantitative estimate of drug-likeness (QED) is 0.410. The number of amides is 1. The van der Waals surface area contributed by atoms with Crippen LogP contribution in [0.5, 0.6) is 0 Å². The summed E-state index contributed by atoms with van der Waals surface area (Å²) in [5.74, 6) is -0.678. The first-order valence-corrected chi connectivity index (χ1v) is 14.2. The topological polar surface area (TPSA) is 99.6 Å². The number of likely N-dealkylation sites (tertiary alicyclic amines) is 2. The van der Waals surface area contributed by atoms with E-state index < -0.39 is 17.4 Å². The molecule has 0 spiro atoms. The predicted molar refractivity (Wildman–Crippen MR) is 143 cm³/mol. The van der Waals surface area contributed by atoms with Gasteiger partial charge in [-0.25, -0.2) is 4.79 Å². The molecule has 3 aliphatic heterocycles. The standard InChI is InChI=1S/C29H43N3O6/c1-2-37-27(35)29(19-26(33)34)12-17-31(18-13-29)21-25-22-32(28(36)38-25)14-6-9-23-10-15-30(16-11-23)20-24-7-4-3-5-8-24/h3-5,7-8,23,25H,2,6,9-22H2,1H3,(H,33,34). The highest BCUT2D eigenvalue weighted by Gasteiger charge is 2.45. The number of ether oxygens (including phenoxy) is 2. The fourth-order valence-corrected chi connectivity index (χ4v) is 6.18. The Morgan fingerprint density at radius 2 is 1.79 bits per heavy atom. The Hall–Kier alpha value is -2.65. The van der Waals surface area contributed by atoms with Crippen molar-refractivity contribution in [2.75, 3.05) is 52.4 Å². The van der Waals surface area contributed by atoms with Gasteiger partial charge >= 0.3 is 18.0 Å².